The topological polar surface area (TPSA) is 38.5 Å². The van der Waals surface area contributed by atoms with E-state index in [0.29, 0.717) is 24.8 Å². The van der Waals surface area contributed by atoms with Crippen LogP contribution in [0.5, 0.6) is 0 Å². The van der Waals surface area contributed by atoms with Gasteiger partial charge in [0.05, 0.1) is 12.2 Å². The Balaban J connectivity index is 2.46. The van der Waals surface area contributed by atoms with Crippen molar-refractivity contribution < 1.29 is 4.74 Å². The van der Waals surface area contributed by atoms with Crippen molar-refractivity contribution in [3.05, 3.63) is 0 Å². The molecule has 0 saturated carbocycles. The first-order valence-corrected chi connectivity index (χ1v) is 6.64. The van der Waals surface area contributed by atoms with Crippen molar-refractivity contribution in [3.63, 3.8) is 0 Å². The van der Waals surface area contributed by atoms with E-state index < -0.39 is 0 Å². The summed E-state index contributed by atoms with van der Waals surface area (Å²) in [5, 5.41) is 0. The molecule has 1 rings (SSSR count). The van der Waals surface area contributed by atoms with Crippen LogP contribution in [0.15, 0.2) is 0 Å². The van der Waals surface area contributed by atoms with Crippen molar-refractivity contribution in [2.75, 3.05) is 20.1 Å². The molecule has 0 aliphatic carbocycles. The van der Waals surface area contributed by atoms with Crippen LogP contribution in [0.1, 0.15) is 40.0 Å². The fraction of sp³-hybridized carbons (Fsp3) is 1.00. The Labute approximate surface area is 100 Å². The van der Waals surface area contributed by atoms with Gasteiger partial charge in [0.2, 0.25) is 0 Å². The van der Waals surface area contributed by atoms with Gasteiger partial charge in [-0.2, -0.15) is 0 Å². The van der Waals surface area contributed by atoms with Gasteiger partial charge in [-0.3, -0.25) is 4.90 Å². The zero-order valence-electron chi connectivity index (χ0n) is 11.3. The Bertz CT molecular complexity index is 198. The van der Waals surface area contributed by atoms with Gasteiger partial charge in [0, 0.05) is 19.1 Å². The Morgan fingerprint density at radius 2 is 2.12 bits per heavy atom. The van der Waals surface area contributed by atoms with Gasteiger partial charge >= 0.3 is 0 Å². The minimum atomic E-state index is 0.342. The van der Waals surface area contributed by atoms with Crippen molar-refractivity contribution in [1.82, 2.24) is 4.90 Å². The second-order valence-corrected chi connectivity index (χ2v) is 5.32. The molecule has 0 spiro atoms. The van der Waals surface area contributed by atoms with E-state index in [2.05, 4.69) is 32.7 Å². The molecular weight excluding hydrogens is 200 g/mol. The average Bonchev–Trinajstić information content (AvgIpc) is 2.65. The fourth-order valence-corrected chi connectivity index (χ4v) is 2.49. The van der Waals surface area contributed by atoms with E-state index in [0.717, 1.165) is 18.9 Å². The molecule has 0 radical (unpaired) electrons. The van der Waals surface area contributed by atoms with E-state index in [1.807, 2.05) is 0 Å². The highest BCUT2D eigenvalue weighted by molar-refractivity contribution is 4.84. The monoisotopic (exact) mass is 228 g/mol. The molecule has 96 valence electrons. The molecule has 0 aromatic rings. The summed E-state index contributed by atoms with van der Waals surface area (Å²) >= 11 is 0. The molecule has 16 heavy (non-hydrogen) atoms. The molecule has 1 fully saturated rings. The Hall–Kier alpha value is -0.120. The van der Waals surface area contributed by atoms with Crippen LogP contribution in [0.25, 0.3) is 0 Å². The van der Waals surface area contributed by atoms with Gasteiger partial charge in [-0.25, -0.2) is 0 Å². The molecule has 0 amide bonds. The second kappa shape index (κ2) is 6.58. The first-order chi connectivity index (χ1) is 7.58. The number of likely N-dealkylation sites (N-methyl/N-ethyl adjacent to an activating group) is 1. The standard InChI is InChI=1S/C13H28N2O/c1-5-10(2)9-15(4)12(8-14)13-7-6-11(3)16-13/h10-13H,5-9,14H2,1-4H3. The molecule has 4 atom stereocenters. The van der Waals surface area contributed by atoms with Crippen LogP contribution in [0.2, 0.25) is 0 Å². The quantitative estimate of drug-likeness (QED) is 0.754. The van der Waals surface area contributed by atoms with Gasteiger partial charge in [-0.1, -0.05) is 20.3 Å². The van der Waals surface area contributed by atoms with Crippen molar-refractivity contribution in [1.29, 1.82) is 0 Å². The van der Waals surface area contributed by atoms with Crippen LogP contribution in [0.3, 0.4) is 0 Å². The summed E-state index contributed by atoms with van der Waals surface area (Å²) in [6, 6.07) is 0.388. The predicted molar refractivity (Wildman–Crippen MR) is 68.5 cm³/mol. The maximum Gasteiger partial charge on any atom is 0.0746 e. The van der Waals surface area contributed by atoms with Gasteiger partial charge in [0.1, 0.15) is 0 Å². The molecule has 4 unspecified atom stereocenters. The third-order valence-electron chi connectivity index (χ3n) is 3.80. The lowest BCUT2D eigenvalue weighted by Crippen LogP contribution is -2.47. The van der Waals surface area contributed by atoms with Crippen LogP contribution in [-0.2, 0) is 4.74 Å². The molecule has 3 heteroatoms. The minimum absolute atomic E-state index is 0.342. The lowest BCUT2D eigenvalue weighted by molar-refractivity contribution is -0.000222. The van der Waals surface area contributed by atoms with Gasteiger partial charge in [-0.15, -0.1) is 0 Å². The van der Waals surface area contributed by atoms with Gasteiger partial charge < -0.3 is 10.5 Å². The van der Waals surface area contributed by atoms with Crippen LogP contribution in [-0.4, -0.2) is 43.3 Å². The molecule has 0 aromatic heterocycles. The normalized spacial score (nSPS) is 29.6. The van der Waals surface area contributed by atoms with Crippen molar-refractivity contribution in [2.24, 2.45) is 11.7 Å². The summed E-state index contributed by atoms with van der Waals surface area (Å²) in [5.41, 5.74) is 5.89. The van der Waals surface area contributed by atoms with E-state index in [-0.39, 0.29) is 0 Å². The Kier molecular flexibility index (Phi) is 5.73. The molecule has 1 aliphatic rings. The minimum Gasteiger partial charge on any atom is -0.374 e. The zero-order chi connectivity index (χ0) is 12.1. The van der Waals surface area contributed by atoms with E-state index in [4.69, 9.17) is 10.5 Å². The average molecular weight is 228 g/mol. The molecule has 1 saturated heterocycles. The third kappa shape index (κ3) is 3.72. The first kappa shape index (κ1) is 13.9. The summed E-state index contributed by atoms with van der Waals surface area (Å²) in [6.07, 6.45) is 4.32. The van der Waals surface area contributed by atoms with E-state index >= 15 is 0 Å². The van der Waals surface area contributed by atoms with Crippen LogP contribution in [0, 0.1) is 5.92 Å². The van der Waals surface area contributed by atoms with E-state index in [9.17, 15) is 0 Å². The van der Waals surface area contributed by atoms with Gasteiger partial charge in [0.25, 0.3) is 0 Å². The van der Waals surface area contributed by atoms with E-state index in [1.54, 1.807) is 0 Å². The largest absolute Gasteiger partial charge is 0.374 e. The molecular formula is C13H28N2O. The molecule has 1 heterocycles. The number of nitrogens with two attached hydrogens (primary N) is 1. The Morgan fingerprint density at radius 3 is 2.56 bits per heavy atom. The summed E-state index contributed by atoms with van der Waals surface area (Å²) in [5.74, 6) is 0.734. The highest BCUT2D eigenvalue weighted by atomic mass is 16.5. The molecule has 1 aliphatic heterocycles. The number of ether oxygens (including phenoxy) is 1. The molecule has 2 N–H and O–H groups in total. The number of hydrogen-bond acceptors (Lipinski definition) is 3. The van der Waals surface area contributed by atoms with Crippen molar-refractivity contribution >= 4 is 0 Å². The molecule has 0 aromatic carbocycles. The maximum absolute atomic E-state index is 5.93. The van der Waals surface area contributed by atoms with Crippen LogP contribution < -0.4 is 5.73 Å². The summed E-state index contributed by atoms with van der Waals surface area (Å²) in [7, 11) is 2.18. The summed E-state index contributed by atoms with van der Waals surface area (Å²) < 4.78 is 5.93. The number of rotatable bonds is 6. The fourth-order valence-electron chi connectivity index (χ4n) is 2.49. The van der Waals surface area contributed by atoms with Gasteiger partial charge in [-0.05, 0) is 32.7 Å². The maximum atomic E-state index is 5.93. The highest BCUT2D eigenvalue weighted by Crippen LogP contribution is 2.24. The lowest BCUT2D eigenvalue weighted by Gasteiger charge is -2.33. The van der Waals surface area contributed by atoms with Crippen LogP contribution in [0.4, 0.5) is 0 Å². The predicted octanol–water partition coefficient (Wildman–Crippen LogP) is 1.86. The summed E-state index contributed by atoms with van der Waals surface area (Å²) in [6.45, 7) is 8.51. The lowest BCUT2D eigenvalue weighted by atomic mass is 10.0. The van der Waals surface area contributed by atoms with Crippen molar-refractivity contribution in [3.8, 4) is 0 Å². The summed E-state index contributed by atoms with van der Waals surface area (Å²) in [4.78, 5) is 2.39. The number of nitrogens with zero attached hydrogens (tertiary/aromatic N) is 1. The SMILES string of the molecule is CCC(C)CN(C)C(CN)C1CCC(C)O1. The zero-order valence-corrected chi connectivity index (χ0v) is 11.3. The molecule has 0 bridgehead atoms. The Morgan fingerprint density at radius 1 is 1.44 bits per heavy atom. The van der Waals surface area contributed by atoms with Crippen molar-refractivity contribution in [2.45, 2.75) is 58.3 Å². The first-order valence-electron chi connectivity index (χ1n) is 6.64. The highest BCUT2D eigenvalue weighted by Gasteiger charge is 2.31. The van der Waals surface area contributed by atoms with Crippen LogP contribution >= 0.6 is 0 Å². The van der Waals surface area contributed by atoms with E-state index in [1.165, 1.54) is 12.8 Å². The molecule has 3 nitrogen and oxygen atoms in total. The smallest absolute Gasteiger partial charge is 0.0746 e. The van der Waals surface area contributed by atoms with Gasteiger partial charge in [0.15, 0.2) is 0 Å². The number of hydrogen-bond donors (Lipinski definition) is 1. The third-order valence-corrected chi connectivity index (χ3v) is 3.80. The second-order valence-electron chi connectivity index (χ2n) is 5.32.